The van der Waals surface area contributed by atoms with Crippen LogP contribution < -0.4 is 5.32 Å². The molecule has 10 heavy (non-hydrogen) atoms. The molecule has 0 aromatic heterocycles. The first-order valence-corrected chi connectivity index (χ1v) is 3.53. The minimum atomic E-state index is -0.313. The summed E-state index contributed by atoms with van der Waals surface area (Å²) in [7, 11) is 0. The Morgan fingerprint density at radius 3 is 2.60 bits per heavy atom. The lowest BCUT2D eigenvalue weighted by Crippen LogP contribution is -2.43. The summed E-state index contributed by atoms with van der Waals surface area (Å²) in [5.41, 5.74) is -0.313. The van der Waals surface area contributed by atoms with E-state index in [2.05, 4.69) is 5.32 Å². The zero-order valence-corrected chi connectivity index (χ0v) is 6.64. The van der Waals surface area contributed by atoms with E-state index in [0.29, 0.717) is 0 Å². The third kappa shape index (κ3) is 1.20. The lowest BCUT2D eigenvalue weighted by Gasteiger charge is -2.26. The van der Waals surface area contributed by atoms with Gasteiger partial charge in [0.05, 0.1) is 5.41 Å². The van der Waals surface area contributed by atoms with Crippen LogP contribution in [0.2, 0.25) is 0 Å². The molecule has 1 heterocycles. The van der Waals surface area contributed by atoms with E-state index in [-0.39, 0.29) is 17.4 Å². The third-order valence-corrected chi connectivity index (χ3v) is 1.75. The fourth-order valence-electron chi connectivity index (χ4n) is 0.901. The Morgan fingerprint density at radius 1 is 1.60 bits per heavy atom. The van der Waals surface area contributed by atoms with Crippen LogP contribution in [0.4, 0.5) is 0 Å². The van der Waals surface area contributed by atoms with Gasteiger partial charge in [0.1, 0.15) is 0 Å². The van der Waals surface area contributed by atoms with E-state index < -0.39 is 0 Å². The van der Waals surface area contributed by atoms with Crippen LogP contribution >= 0.6 is 0 Å². The Kier molecular flexibility index (Phi) is 1.55. The zero-order chi connectivity index (χ0) is 7.78. The Hall–Kier alpha value is -0.790. The first-order chi connectivity index (χ1) is 4.52. The summed E-state index contributed by atoms with van der Waals surface area (Å²) in [5.74, 6) is 0.113. The molecule has 0 saturated heterocycles. The van der Waals surface area contributed by atoms with Gasteiger partial charge < -0.3 is 5.32 Å². The van der Waals surface area contributed by atoms with Crippen molar-refractivity contribution in [3.05, 3.63) is 12.2 Å². The summed E-state index contributed by atoms with van der Waals surface area (Å²) in [6.45, 7) is 5.78. The van der Waals surface area contributed by atoms with Crippen LogP contribution in [0.15, 0.2) is 12.2 Å². The van der Waals surface area contributed by atoms with E-state index in [1.54, 1.807) is 0 Å². The lowest BCUT2D eigenvalue weighted by molar-refractivity contribution is -0.128. The summed E-state index contributed by atoms with van der Waals surface area (Å²) in [6.07, 6.45) is 3.97. The normalized spacial score (nSPS) is 29.9. The highest BCUT2D eigenvalue weighted by Gasteiger charge is 2.28. The van der Waals surface area contributed by atoms with Crippen molar-refractivity contribution in [2.75, 3.05) is 0 Å². The molecule has 1 atom stereocenters. The number of hydrogen-bond donors (Lipinski definition) is 1. The molecule has 1 aliphatic rings. The molecule has 2 nitrogen and oxygen atoms in total. The monoisotopic (exact) mass is 139 g/mol. The molecule has 0 saturated carbocycles. The number of hydrogen-bond acceptors (Lipinski definition) is 1. The first-order valence-electron chi connectivity index (χ1n) is 3.53. The van der Waals surface area contributed by atoms with Gasteiger partial charge in [0.25, 0.3) is 0 Å². The van der Waals surface area contributed by atoms with Gasteiger partial charge in [-0.3, -0.25) is 4.79 Å². The summed E-state index contributed by atoms with van der Waals surface area (Å²) in [5, 5.41) is 2.84. The molecule has 56 valence electrons. The summed E-state index contributed by atoms with van der Waals surface area (Å²) >= 11 is 0. The Bertz CT molecular complexity index is 182. The number of carbonyl (C=O) groups excluding carboxylic acids is 1. The average Bonchev–Trinajstić information content (AvgIpc) is 1.81. The smallest absolute Gasteiger partial charge is 0.229 e. The number of rotatable bonds is 0. The van der Waals surface area contributed by atoms with Crippen LogP contribution in [0, 0.1) is 5.41 Å². The fourth-order valence-corrected chi connectivity index (χ4v) is 0.901. The highest BCUT2D eigenvalue weighted by molar-refractivity contribution is 5.85. The molecule has 0 spiro atoms. The molecule has 1 N–H and O–H groups in total. The molecule has 1 rings (SSSR count). The Balaban J connectivity index is 2.83. The standard InChI is InChI=1S/C8H13NO/c1-6-4-5-8(2,3)7(10)9-6/h4-6H,1-3H3,(H,9,10). The highest BCUT2D eigenvalue weighted by Crippen LogP contribution is 2.20. The van der Waals surface area contributed by atoms with E-state index in [1.165, 1.54) is 0 Å². The SMILES string of the molecule is CC1C=CC(C)(C)C(=O)N1. The van der Waals surface area contributed by atoms with Gasteiger partial charge in [0.15, 0.2) is 0 Å². The van der Waals surface area contributed by atoms with Gasteiger partial charge in [-0.2, -0.15) is 0 Å². The fraction of sp³-hybridized carbons (Fsp3) is 0.625. The number of amides is 1. The average molecular weight is 139 g/mol. The van der Waals surface area contributed by atoms with Crippen LogP contribution in [0.1, 0.15) is 20.8 Å². The Morgan fingerprint density at radius 2 is 2.20 bits per heavy atom. The molecule has 0 fully saturated rings. The molecule has 2 heteroatoms. The van der Waals surface area contributed by atoms with Crippen molar-refractivity contribution in [3.8, 4) is 0 Å². The van der Waals surface area contributed by atoms with Gasteiger partial charge in [-0.05, 0) is 20.8 Å². The quantitative estimate of drug-likeness (QED) is 0.500. The van der Waals surface area contributed by atoms with E-state index in [1.807, 2.05) is 32.9 Å². The van der Waals surface area contributed by atoms with Crippen molar-refractivity contribution in [1.29, 1.82) is 0 Å². The van der Waals surface area contributed by atoms with Gasteiger partial charge in [-0.15, -0.1) is 0 Å². The molecule has 0 aromatic rings. The molecule has 1 unspecified atom stereocenters. The second-order valence-corrected chi connectivity index (χ2v) is 3.34. The van der Waals surface area contributed by atoms with Gasteiger partial charge in [0, 0.05) is 6.04 Å². The molecule has 1 aliphatic heterocycles. The van der Waals surface area contributed by atoms with Crippen LogP contribution in [0.3, 0.4) is 0 Å². The van der Waals surface area contributed by atoms with Gasteiger partial charge >= 0.3 is 0 Å². The predicted octanol–water partition coefficient (Wildman–Crippen LogP) is 1.09. The minimum Gasteiger partial charge on any atom is -0.349 e. The van der Waals surface area contributed by atoms with Crippen LogP contribution in [-0.2, 0) is 4.79 Å². The zero-order valence-electron chi connectivity index (χ0n) is 6.64. The minimum absolute atomic E-state index is 0.113. The van der Waals surface area contributed by atoms with E-state index >= 15 is 0 Å². The van der Waals surface area contributed by atoms with Crippen molar-refractivity contribution in [1.82, 2.24) is 5.32 Å². The summed E-state index contributed by atoms with van der Waals surface area (Å²) in [6, 6.07) is 0.195. The van der Waals surface area contributed by atoms with E-state index in [9.17, 15) is 4.79 Å². The lowest BCUT2D eigenvalue weighted by atomic mass is 9.88. The van der Waals surface area contributed by atoms with Crippen molar-refractivity contribution in [2.24, 2.45) is 5.41 Å². The van der Waals surface area contributed by atoms with Crippen molar-refractivity contribution < 1.29 is 4.79 Å². The maximum absolute atomic E-state index is 11.2. The largest absolute Gasteiger partial charge is 0.349 e. The van der Waals surface area contributed by atoms with Crippen molar-refractivity contribution >= 4 is 5.91 Å². The van der Waals surface area contributed by atoms with Crippen LogP contribution in [0.25, 0.3) is 0 Å². The highest BCUT2D eigenvalue weighted by atomic mass is 16.2. The maximum atomic E-state index is 11.2. The predicted molar refractivity (Wildman–Crippen MR) is 40.5 cm³/mol. The second-order valence-electron chi connectivity index (χ2n) is 3.34. The number of carbonyl (C=O) groups is 1. The molecule has 0 radical (unpaired) electrons. The maximum Gasteiger partial charge on any atom is 0.229 e. The summed E-state index contributed by atoms with van der Waals surface area (Å²) < 4.78 is 0. The second kappa shape index (κ2) is 2.11. The molecule has 0 aromatic carbocycles. The summed E-state index contributed by atoms with van der Waals surface area (Å²) in [4.78, 5) is 11.2. The molecule has 0 aliphatic carbocycles. The Labute approximate surface area is 61.3 Å². The van der Waals surface area contributed by atoms with Gasteiger partial charge in [-0.1, -0.05) is 12.2 Å². The molecular weight excluding hydrogens is 126 g/mol. The first kappa shape index (κ1) is 7.32. The van der Waals surface area contributed by atoms with Gasteiger partial charge in [-0.25, -0.2) is 0 Å². The number of nitrogens with one attached hydrogen (secondary N) is 1. The van der Waals surface area contributed by atoms with Gasteiger partial charge in [0.2, 0.25) is 5.91 Å². The van der Waals surface area contributed by atoms with E-state index in [4.69, 9.17) is 0 Å². The molecule has 0 bridgehead atoms. The van der Waals surface area contributed by atoms with Crippen molar-refractivity contribution in [3.63, 3.8) is 0 Å². The van der Waals surface area contributed by atoms with E-state index in [0.717, 1.165) is 0 Å². The topological polar surface area (TPSA) is 29.1 Å². The third-order valence-electron chi connectivity index (χ3n) is 1.75. The molecular formula is C8H13NO. The van der Waals surface area contributed by atoms with Crippen LogP contribution in [-0.4, -0.2) is 11.9 Å². The van der Waals surface area contributed by atoms with Crippen molar-refractivity contribution in [2.45, 2.75) is 26.8 Å². The van der Waals surface area contributed by atoms with Crippen LogP contribution in [0.5, 0.6) is 0 Å². The molecule has 1 amide bonds.